The summed E-state index contributed by atoms with van der Waals surface area (Å²) in [5.41, 5.74) is 0.684. The highest BCUT2D eigenvalue weighted by molar-refractivity contribution is 6.01. The summed E-state index contributed by atoms with van der Waals surface area (Å²) in [7, 11) is 0. The molecule has 4 aromatic rings. The molecule has 0 saturated heterocycles. The highest BCUT2D eigenvalue weighted by Crippen LogP contribution is 2.29. The van der Waals surface area contributed by atoms with Crippen molar-refractivity contribution < 1.29 is 13.2 Å². The van der Waals surface area contributed by atoms with E-state index in [4.69, 9.17) is 0 Å². The van der Waals surface area contributed by atoms with Gasteiger partial charge in [-0.15, -0.1) is 0 Å². The summed E-state index contributed by atoms with van der Waals surface area (Å²) in [6, 6.07) is 8.44. The third-order valence-electron chi connectivity index (χ3n) is 3.99. The molecule has 0 unspecified atom stereocenters. The van der Waals surface area contributed by atoms with Gasteiger partial charge in [-0.1, -0.05) is 12.1 Å². The smallest absolute Gasteiger partial charge is 0.306 e. The summed E-state index contributed by atoms with van der Waals surface area (Å²) in [6.07, 6.45) is -1.35. The predicted molar refractivity (Wildman–Crippen MR) is 86.2 cm³/mol. The maximum atomic E-state index is 12.7. The van der Waals surface area contributed by atoms with Gasteiger partial charge >= 0.3 is 6.18 Å². The number of nitrogens with one attached hydrogen (secondary N) is 1. The van der Waals surface area contributed by atoms with Gasteiger partial charge in [-0.05, 0) is 29.8 Å². The summed E-state index contributed by atoms with van der Waals surface area (Å²) >= 11 is 0. The molecule has 0 aliphatic heterocycles. The van der Waals surface area contributed by atoms with Crippen molar-refractivity contribution in [2.75, 3.05) is 0 Å². The number of rotatable bonds is 2. The molecule has 8 heteroatoms. The fourth-order valence-electron chi connectivity index (χ4n) is 2.80. The minimum atomic E-state index is -4.37. The van der Waals surface area contributed by atoms with Crippen LogP contribution < -0.4 is 5.56 Å². The van der Waals surface area contributed by atoms with Crippen LogP contribution in [0.3, 0.4) is 0 Å². The average molecular weight is 344 g/mol. The Labute approximate surface area is 138 Å². The summed E-state index contributed by atoms with van der Waals surface area (Å²) in [4.78, 5) is 19.0. The van der Waals surface area contributed by atoms with E-state index in [9.17, 15) is 18.0 Å². The number of aromatic amines is 1. The lowest BCUT2D eigenvalue weighted by molar-refractivity contribution is -0.137. The first-order chi connectivity index (χ1) is 11.9. The number of benzene rings is 1. The largest absolute Gasteiger partial charge is 0.416 e. The molecule has 0 aliphatic carbocycles. The first-order valence-electron chi connectivity index (χ1n) is 7.42. The van der Waals surface area contributed by atoms with Gasteiger partial charge in [0.25, 0.3) is 5.56 Å². The zero-order valence-corrected chi connectivity index (χ0v) is 12.7. The number of hydrogen-bond acceptors (Lipinski definition) is 3. The second-order valence-electron chi connectivity index (χ2n) is 5.61. The van der Waals surface area contributed by atoms with Crippen molar-refractivity contribution in [2.24, 2.45) is 0 Å². The van der Waals surface area contributed by atoms with Crippen LogP contribution in [0.5, 0.6) is 0 Å². The Balaban J connectivity index is 1.81. The van der Waals surface area contributed by atoms with Gasteiger partial charge in [-0.25, -0.2) is 4.98 Å². The van der Waals surface area contributed by atoms with Crippen molar-refractivity contribution in [3.8, 4) is 0 Å². The number of hydrogen-bond donors (Lipinski definition) is 1. The molecular formula is C17H11F3N4O. The molecule has 0 bridgehead atoms. The monoisotopic (exact) mass is 344 g/mol. The van der Waals surface area contributed by atoms with Crippen LogP contribution in [0.25, 0.3) is 21.9 Å². The SMILES string of the molecule is O=c1[nH]c2ncccc2c2c1cnn2Cc1ccc(C(F)(F)F)cc1. The molecule has 1 aromatic carbocycles. The van der Waals surface area contributed by atoms with Crippen LogP contribution in [0, 0.1) is 0 Å². The lowest BCUT2D eigenvalue weighted by Gasteiger charge is -2.09. The van der Waals surface area contributed by atoms with Crippen molar-refractivity contribution in [3.63, 3.8) is 0 Å². The van der Waals surface area contributed by atoms with Gasteiger partial charge < -0.3 is 4.98 Å². The van der Waals surface area contributed by atoms with Gasteiger partial charge in [-0.3, -0.25) is 9.48 Å². The van der Waals surface area contributed by atoms with Gasteiger partial charge in [0.1, 0.15) is 5.65 Å². The van der Waals surface area contributed by atoms with E-state index in [1.165, 1.54) is 18.3 Å². The third kappa shape index (κ3) is 2.65. The number of nitrogens with zero attached hydrogens (tertiary/aromatic N) is 3. The summed E-state index contributed by atoms with van der Waals surface area (Å²) < 4.78 is 39.6. The lowest BCUT2D eigenvalue weighted by Crippen LogP contribution is -2.09. The Morgan fingerprint density at radius 2 is 1.84 bits per heavy atom. The second-order valence-corrected chi connectivity index (χ2v) is 5.61. The van der Waals surface area contributed by atoms with E-state index in [0.29, 0.717) is 22.1 Å². The summed E-state index contributed by atoms with van der Waals surface area (Å²) in [5.74, 6) is 0. The average Bonchev–Trinajstić information content (AvgIpc) is 2.99. The Morgan fingerprint density at radius 3 is 2.56 bits per heavy atom. The molecule has 5 nitrogen and oxygen atoms in total. The van der Waals surface area contributed by atoms with Gasteiger partial charge in [0, 0.05) is 11.6 Å². The van der Waals surface area contributed by atoms with Crippen molar-refractivity contribution in [1.82, 2.24) is 19.7 Å². The van der Waals surface area contributed by atoms with E-state index in [1.807, 2.05) is 6.07 Å². The highest BCUT2D eigenvalue weighted by atomic mass is 19.4. The van der Waals surface area contributed by atoms with Crippen LogP contribution in [-0.4, -0.2) is 19.7 Å². The normalized spacial score (nSPS) is 12.1. The highest BCUT2D eigenvalue weighted by Gasteiger charge is 2.29. The van der Waals surface area contributed by atoms with Crippen LogP contribution in [0.1, 0.15) is 11.1 Å². The molecule has 3 heterocycles. The maximum Gasteiger partial charge on any atom is 0.416 e. The van der Waals surface area contributed by atoms with Gasteiger partial charge in [0.05, 0.1) is 29.2 Å². The van der Waals surface area contributed by atoms with Crippen molar-refractivity contribution in [1.29, 1.82) is 0 Å². The second kappa shape index (κ2) is 5.44. The topological polar surface area (TPSA) is 63.6 Å². The molecule has 126 valence electrons. The van der Waals surface area contributed by atoms with Crippen LogP contribution >= 0.6 is 0 Å². The fraction of sp³-hybridized carbons (Fsp3) is 0.118. The van der Waals surface area contributed by atoms with Gasteiger partial charge in [0.15, 0.2) is 0 Å². The quantitative estimate of drug-likeness (QED) is 0.607. The van der Waals surface area contributed by atoms with E-state index >= 15 is 0 Å². The molecule has 25 heavy (non-hydrogen) atoms. The zero-order chi connectivity index (χ0) is 17.6. The predicted octanol–water partition coefficient (Wildman–Crippen LogP) is 3.34. The van der Waals surface area contributed by atoms with Crippen LogP contribution in [0.2, 0.25) is 0 Å². The fourth-order valence-corrected chi connectivity index (χ4v) is 2.80. The Bertz CT molecular complexity index is 1130. The molecule has 4 rings (SSSR count). The Kier molecular flexibility index (Phi) is 3.34. The van der Waals surface area contributed by atoms with Crippen LogP contribution in [0.15, 0.2) is 53.6 Å². The van der Waals surface area contributed by atoms with E-state index in [2.05, 4.69) is 15.1 Å². The number of aromatic nitrogens is 4. The first-order valence-corrected chi connectivity index (χ1v) is 7.42. The van der Waals surface area contributed by atoms with Crippen molar-refractivity contribution in [2.45, 2.75) is 12.7 Å². The molecule has 3 aromatic heterocycles. The van der Waals surface area contributed by atoms with E-state index in [-0.39, 0.29) is 12.1 Å². The molecule has 0 atom stereocenters. The van der Waals surface area contributed by atoms with Gasteiger partial charge in [0.2, 0.25) is 0 Å². The lowest BCUT2D eigenvalue weighted by atomic mass is 10.1. The van der Waals surface area contributed by atoms with E-state index in [0.717, 1.165) is 17.5 Å². The summed E-state index contributed by atoms with van der Waals surface area (Å²) in [5, 5.41) is 5.35. The minimum absolute atomic E-state index is 0.245. The van der Waals surface area contributed by atoms with Crippen molar-refractivity contribution in [3.05, 3.63) is 70.3 Å². The molecule has 0 fully saturated rings. The maximum absolute atomic E-state index is 12.7. The molecule has 0 spiro atoms. The number of pyridine rings is 2. The third-order valence-corrected chi connectivity index (χ3v) is 3.99. The molecule has 0 radical (unpaired) electrons. The standard InChI is InChI=1S/C17H11F3N4O/c18-17(19,20)11-5-3-10(4-6-11)9-24-14-12-2-1-7-21-15(12)23-16(25)13(14)8-22-24/h1-8H,9H2,(H,21,23,25). The molecular weight excluding hydrogens is 333 g/mol. The van der Waals surface area contributed by atoms with Crippen molar-refractivity contribution >= 4 is 21.9 Å². The number of halogens is 3. The molecule has 0 aliphatic rings. The van der Waals surface area contributed by atoms with E-state index in [1.54, 1.807) is 16.9 Å². The van der Waals surface area contributed by atoms with Crippen LogP contribution in [-0.2, 0) is 12.7 Å². The minimum Gasteiger partial charge on any atom is -0.306 e. The summed E-state index contributed by atoms with van der Waals surface area (Å²) in [6.45, 7) is 0.245. The van der Waals surface area contributed by atoms with Gasteiger partial charge in [-0.2, -0.15) is 18.3 Å². The first kappa shape index (κ1) is 15.4. The Hall–Kier alpha value is -3.16. The van der Waals surface area contributed by atoms with E-state index < -0.39 is 11.7 Å². The Morgan fingerprint density at radius 1 is 1.08 bits per heavy atom. The van der Waals surface area contributed by atoms with Crippen LogP contribution in [0.4, 0.5) is 13.2 Å². The molecule has 0 amide bonds. The zero-order valence-electron chi connectivity index (χ0n) is 12.7. The number of H-pyrrole nitrogens is 1. The molecule has 0 saturated carbocycles. The number of alkyl halides is 3. The number of fused-ring (bicyclic) bond motifs is 3. The molecule has 1 N–H and O–H groups in total.